The summed E-state index contributed by atoms with van der Waals surface area (Å²) in [6.45, 7) is 2.21. The molecule has 0 saturated carbocycles. The number of hydrogen-bond donors (Lipinski definition) is 0. The van der Waals surface area contributed by atoms with Gasteiger partial charge in [0.1, 0.15) is 0 Å². The van der Waals surface area contributed by atoms with Crippen molar-refractivity contribution in [2.75, 3.05) is 0 Å². The van der Waals surface area contributed by atoms with Crippen LogP contribution in [0, 0.1) is 11.3 Å². The minimum absolute atomic E-state index is 0.518. The summed E-state index contributed by atoms with van der Waals surface area (Å²) in [5.41, 5.74) is 2.47. The number of nitriles is 1. The molecular formula is C12H18N2. The molecule has 76 valence electrons. The van der Waals surface area contributed by atoms with Gasteiger partial charge in [-0.1, -0.05) is 19.8 Å². The second kappa shape index (κ2) is 5.49. The molecule has 0 atom stereocenters. The molecular weight excluding hydrogens is 172 g/mol. The van der Waals surface area contributed by atoms with Gasteiger partial charge in [0.05, 0.1) is 12.5 Å². The number of aryl methyl sites for hydroxylation is 1. The maximum absolute atomic E-state index is 8.60. The van der Waals surface area contributed by atoms with E-state index in [4.69, 9.17) is 5.26 Å². The maximum atomic E-state index is 8.60. The van der Waals surface area contributed by atoms with E-state index < -0.39 is 0 Å². The zero-order chi connectivity index (χ0) is 10.4. The van der Waals surface area contributed by atoms with Gasteiger partial charge in [0.15, 0.2) is 0 Å². The molecule has 1 rings (SSSR count). The van der Waals surface area contributed by atoms with Crippen LogP contribution < -0.4 is 0 Å². The molecule has 0 aromatic carbocycles. The summed E-state index contributed by atoms with van der Waals surface area (Å²) in [4.78, 5) is 0. The summed E-state index contributed by atoms with van der Waals surface area (Å²) in [6, 6.07) is 6.39. The first-order chi connectivity index (χ1) is 6.79. The second-order valence-electron chi connectivity index (χ2n) is 3.67. The van der Waals surface area contributed by atoms with Crippen molar-refractivity contribution in [2.45, 2.75) is 39.0 Å². The number of nitrogens with zero attached hydrogens (tertiary/aromatic N) is 2. The third-order valence-corrected chi connectivity index (χ3v) is 2.63. The average molecular weight is 190 g/mol. The standard InChI is InChI=1S/C12H18N2/c1-3-4-5-6-11-7-8-12(9-10-13)14(11)2/h7-8H,3-6,9H2,1-2H3. The van der Waals surface area contributed by atoms with Crippen molar-refractivity contribution < 1.29 is 0 Å². The first-order valence-electron chi connectivity index (χ1n) is 5.30. The highest BCUT2D eigenvalue weighted by Crippen LogP contribution is 2.11. The Balaban J connectivity index is 2.56. The summed E-state index contributed by atoms with van der Waals surface area (Å²) in [5, 5.41) is 8.60. The Hall–Kier alpha value is -1.23. The molecule has 0 bridgehead atoms. The third kappa shape index (κ3) is 2.63. The van der Waals surface area contributed by atoms with Gasteiger partial charge in [0.25, 0.3) is 0 Å². The Morgan fingerprint density at radius 3 is 2.64 bits per heavy atom. The van der Waals surface area contributed by atoms with Crippen molar-refractivity contribution in [1.29, 1.82) is 5.26 Å². The topological polar surface area (TPSA) is 28.7 Å². The van der Waals surface area contributed by atoms with Crippen LogP contribution >= 0.6 is 0 Å². The summed E-state index contributed by atoms with van der Waals surface area (Å²) in [6.07, 6.45) is 5.45. The number of rotatable bonds is 5. The molecule has 0 unspecified atom stereocenters. The van der Waals surface area contributed by atoms with Gasteiger partial charge in [-0.05, 0) is 25.0 Å². The summed E-state index contributed by atoms with van der Waals surface area (Å²) >= 11 is 0. The number of hydrogen-bond acceptors (Lipinski definition) is 1. The van der Waals surface area contributed by atoms with Gasteiger partial charge >= 0.3 is 0 Å². The van der Waals surface area contributed by atoms with Gasteiger partial charge in [-0.2, -0.15) is 5.26 Å². The van der Waals surface area contributed by atoms with E-state index >= 15 is 0 Å². The molecule has 0 aliphatic rings. The zero-order valence-corrected chi connectivity index (χ0v) is 9.08. The van der Waals surface area contributed by atoms with Crippen molar-refractivity contribution in [1.82, 2.24) is 4.57 Å². The lowest BCUT2D eigenvalue weighted by Gasteiger charge is -2.05. The van der Waals surface area contributed by atoms with Crippen LogP contribution in [-0.2, 0) is 19.9 Å². The average Bonchev–Trinajstić information content (AvgIpc) is 2.51. The van der Waals surface area contributed by atoms with Gasteiger partial charge in [-0.15, -0.1) is 0 Å². The molecule has 2 heteroatoms. The molecule has 1 aromatic rings. The molecule has 0 fully saturated rings. The predicted octanol–water partition coefficient (Wildman–Crippen LogP) is 2.82. The lowest BCUT2D eigenvalue weighted by atomic mass is 10.1. The summed E-state index contributed by atoms with van der Waals surface area (Å²) in [7, 11) is 2.05. The molecule has 0 radical (unpaired) electrons. The van der Waals surface area contributed by atoms with E-state index in [1.807, 2.05) is 7.05 Å². The minimum atomic E-state index is 0.518. The van der Waals surface area contributed by atoms with Gasteiger partial charge in [0.2, 0.25) is 0 Å². The minimum Gasteiger partial charge on any atom is -0.351 e. The molecule has 1 heterocycles. The van der Waals surface area contributed by atoms with Crippen molar-refractivity contribution in [3.63, 3.8) is 0 Å². The second-order valence-corrected chi connectivity index (χ2v) is 3.67. The van der Waals surface area contributed by atoms with Gasteiger partial charge in [-0.25, -0.2) is 0 Å². The Labute approximate surface area is 86.2 Å². The van der Waals surface area contributed by atoms with E-state index in [-0.39, 0.29) is 0 Å². The van der Waals surface area contributed by atoms with Crippen molar-refractivity contribution in [3.05, 3.63) is 23.5 Å². The number of unbranched alkanes of at least 4 members (excludes halogenated alkanes) is 2. The van der Waals surface area contributed by atoms with Crippen LogP contribution in [0.25, 0.3) is 0 Å². The van der Waals surface area contributed by atoms with Crippen LogP contribution in [0.1, 0.15) is 37.6 Å². The van der Waals surface area contributed by atoms with Crippen LogP contribution in [0.3, 0.4) is 0 Å². The molecule has 0 amide bonds. The van der Waals surface area contributed by atoms with Crippen molar-refractivity contribution >= 4 is 0 Å². The van der Waals surface area contributed by atoms with Crippen LogP contribution in [0.4, 0.5) is 0 Å². The van der Waals surface area contributed by atoms with Crippen LogP contribution in [0.5, 0.6) is 0 Å². The molecule has 0 aliphatic heterocycles. The van der Waals surface area contributed by atoms with Crippen LogP contribution in [0.15, 0.2) is 12.1 Å². The Morgan fingerprint density at radius 1 is 1.29 bits per heavy atom. The summed E-state index contributed by atoms with van der Waals surface area (Å²) in [5.74, 6) is 0. The monoisotopic (exact) mass is 190 g/mol. The molecule has 14 heavy (non-hydrogen) atoms. The van der Waals surface area contributed by atoms with Gasteiger partial charge < -0.3 is 4.57 Å². The predicted molar refractivity (Wildman–Crippen MR) is 58.0 cm³/mol. The fourth-order valence-corrected chi connectivity index (χ4v) is 1.67. The molecule has 0 aliphatic carbocycles. The molecule has 0 N–H and O–H groups in total. The SMILES string of the molecule is CCCCCc1ccc(CC#N)n1C. The van der Waals surface area contributed by atoms with Crippen LogP contribution in [-0.4, -0.2) is 4.57 Å². The highest BCUT2D eigenvalue weighted by atomic mass is 14.9. The molecule has 2 nitrogen and oxygen atoms in total. The largest absolute Gasteiger partial charge is 0.351 e. The van der Waals surface area contributed by atoms with E-state index in [2.05, 4.69) is 29.7 Å². The molecule has 1 aromatic heterocycles. The highest BCUT2D eigenvalue weighted by molar-refractivity contribution is 5.18. The lowest BCUT2D eigenvalue weighted by Crippen LogP contribution is -2.00. The Kier molecular flexibility index (Phi) is 4.25. The van der Waals surface area contributed by atoms with Crippen LogP contribution in [0.2, 0.25) is 0 Å². The number of aromatic nitrogens is 1. The first kappa shape index (κ1) is 10.8. The van der Waals surface area contributed by atoms with E-state index in [1.54, 1.807) is 0 Å². The Morgan fingerprint density at radius 2 is 2.00 bits per heavy atom. The first-order valence-corrected chi connectivity index (χ1v) is 5.30. The van der Waals surface area contributed by atoms with Gasteiger partial charge in [0, 0.05) is 18.4 Å². The molecule has 0 saturated heterocycles. The maximum Gasteiger partial charge on any atom is 0.0754 e. The molecule has 0 spiro atoms. The Bertz CT molecular complexity index is 318. The van der Waals surface area contributed by atoms with Crippen molar-refractivity contribution in [3.8, 4) is 6.07 Å². The fraction of sp³-hybridized carbons (Fsp3) is 0.583. The van der Waals surface area contributed by atoms with E-state index in [0.717, 1.165) is 12.1 Å². The fourth-order valence-electron chi connectivity index (χ4n) is 1.67. The van der Waals surface area contributed by atoms with E-state index in [1.165, 1.54) is 25.0 Å². The smallest absolute Gasteiger partial charge is 0.0754 e. The zero-order valence-electron chi connectivity index (χ0n) is 9.08. The van der Waals surface area contributed by atoms with E-state index in [0.29, 0.717) is 6.42 Å². The van der Waals surface area contributed by atoms with E-state index in [9.17, 15) is 0 Å². The third-order valence-electron chi connectivity index (χ3n) is 2.63. The van der Waals surface area contributed by atoms with Gasteiger partial charge in [-0.3, -0.25) is 0 Å². The summed E-state index contributed by atoms with van der Waals surface area (Å²) < 4.78 is 2.15. The quantitative estimate of drug-likeness (QED) is 0.656. The highest BCUT2D eigenvalue weighted by Gasteiger charge is 2.03. The lowest BCUT2D eigenvalue weighted by molar-refractivity contribution is 0.679. The normalized spacial score (nSPS) is 10.1. The van der Waals surface area contributed by atoms with Crippen molar-refractivity contribution in [2.24, 2.45) is 7.05 Å².